The first-order chi connectivity index (χ1) is 14.0. The fraction of sp³-hybridized carbons (Fsp3) is 0.538. The Morgan fingerprint density at radius 1 is 1.03 bits per heavy atom. The molecule has 0 spiro atoms. The molecule has 4 aliphatic carbocycles. The van der Waals surface area contributed by atoms with Crippen molar-refractivity contribution >= 4 is 22.4 Å². The molecule has 0 aliphatic heterocycles. The Hall–Kier alpha value is -2.16. The minimum absolute atomic E-state index is 0.206. The molecule has 1 heterocycles. The van der Waals surface area contributed by atoms with Crippen LogP contribution in [0.25, 0.3) is 16.6 Å². The molecule has 1 aromatic carbocycles. The lowest BCUT2D eigenvalue weighted by atomic mass is 9.47. The minimum atomic E-state index is 0.206. The van der Waals surface area contributed by atoms with E-state index in [-0.39, 0.29) is 10.8 Å². The van der Waals surface area contributed by atoms with Crippen molar-refractivity contribution in [1.82, 2.24) is 9.78 Å². The Labute approximate surface area is 172 Å². The number of rotatable bonds is 1. The summed E-state index contributed by atoms with van der Waals surface area (Å²) in [5.74, 6) is 2.55. The average molecular weight is 387 g/mol. The number of hydrogen-bond acceptors (Lipinski definition) is 2. The summed E-state index contributed by atoms with van der Waals surface area (Å²) in [5.41, 5.74) is 4.57. The molecule has 0 radical (unpaired) electrons. The van der Waals surface area contributed by atoms with E-state index in [9.17, 15) is 4.79 Å². The maximum Gasteiger partial charge on any atom is 0.155 e. The first kappa shape index (κ1) is 17.7. The van der Waals surface area contributed by atoms with Gasteiger partial charge in [-0.1, -0.05) is 43.7 Å². The molecule has 6 rings (SSSR count). The van der Waals surface area contributed by atoms with Crippen LogP contribution in [0.5, 0.6) is 0 Å². The Morgan fingerprint density at radius 2 is 1.90 bits per heavy atom. The largest absolute Gasteiger partial charge is 0.295 e. The average Bonchev–Trinajstić information content (AvgIpc) is 3.29. The predicted octanol–water partition coefficient (Wildman–Crippen LogP) is 6.02. The molecule has 2 saturated carbocycles. The molecule has 0 N–H and O–H groups in total. The zero-order valence-electron chi connectivity index (χ0n) is 17.5. The molecule has 3 nitrogen and oxygen atoms in total. The lowest BCUT2D eigenvalue weighted by Crippen LogP contribution is -2.50. The van der Waals surface area contributed by atoms with Gasteiger partial charge in [-0.15, -0.1) is 0 Å². The molecule has 4 aliphatic rings. The molecule has 5 atom stereocenters. The third kappa shape index (κ3) is 2.30. The topological polar surface area (TPSA) is 34.9 Å². The van der Waals surface area contributed by atoms with E-state index >= 15 is 0 Å². The Balaban J connectivity index is 1.37. The van der Waals surface area contributed by atoms with Gasteiger partial charge in [0.05, 0.1) is 11.7 Å². The fourth-order valence-electron chi connectivity index (χ4n) is 7.60. The number of carbonyl (C=O) groups excluding carboxylic acids is 1. The molecule has 1 aromatic heterocycles. The second-order valence-electron chi connectivity index (χ2n) is 10.4. The zero-order valence-corrected chi connectivity index (χ0v) is 17.5. The molecule has 0 unspecified atom stereocenters. The summed E-state index contributed by atoms with van der Waals surface area (Å²) in [5, 5.41) is 6.03. The number of fused-ring (bicyclic) bond motifs is 6. The van der Waals surface area contributed by atoms with E-state index in [0.717, 1.165) is 31.1 Å². The van der Waals surface area contributed by atoms with Gasteiger partial charge in [0.2, 0.25) is 0 Å². The smallest absolute Gasteiger partial charge is 0.155 e. The molecule has 0 bridgehead atoms. The second-order valence-corrected chi connectivity index (χ2v) is 10.4. The summed E-state index contributed by atoms with van der Waals surface area (Å²) < 4.78 is 2.23. The van der Waals surface area contributed by atoms with Crippen LogP contribution in [0.3, 0.4) is 0 Å². The monoisotopic (exact) mass is 386 g/mol. The summed E-state index contributed by atoms with van der Waals surface area (Å²) >= 11 is 0. The van der Waals surface area contributed by atoms with Crippen LogP contribution in [-0.4, -0.2) is 15.6 Å². The molecular weight excluding hydrogens is 356 g/mol. The highest BCUT2D eigenvalue weighted by molar-refractivity contribution is 5.91. The molecular formula is C26H30N2O. The number of allylic oxidation sites excluding steroid dienone is 4. The van der Waals surface area contributed by atoms with Crippen LogP contribution in [0, 0.1) is 28.6 Å². The maximum absolute atomic E-state index is 12.0. The Morgan fingerprint density at radius 3 is 2.79 bits per heavy atom. The normalized spacial score (nSPS) is 38.8. The van der Waals surface area contributed by atoms with Crippen LogP contribution in [0.4, 0.5) is 0 Å². The Kier molecular flexibility index (Phi) is 3.62. The SMILES string of the molecule is C[C@]12CCC(=O)C=C1CC[C@@H]1[C@@H]2CC[C@]2(C)C(n3ncc4ccccc43)=CC[C@@H]12. The number of para-hydroxylation sites is 1. The van der Waals surface area contributed by atoms with Gasteiger partial charge in [0, 0.05) is 22.9 Å². The van der Waals surface area contributed by atoms with Crippen molar-refractivity contribution in [3.63, 3.8) is 0 Å². The molecule has 0 amide bonds. The third-order valence-electron chi connectivity index (χ3n) is 9.21. The van der Waals surface area contributed by atoms with Gasteiger partial charge >= 0.3 is 0 Å². The van der Waals surface area contributed by atoms with Gasteiger partial charge in [0.15, 0.2) is 5.78 Å². The maximum atomic E-state index is 12.0. The molecule has 0 saturated heterocycles. The van der Waals surface area contributed by atoms with Crippen molar-refractivity contribution in [2.75, 3.05) is 0 Å². The van der Waals surface area contributed by atoms with Crippen LogP contribution in [-0.2, 0) is 4.79 Å². The Bertz CT molecular complexity index is 1080. The van der Waals surface area contributed by atoms with E-state index in [1.54, 1.807) is 0 Å². The van der Waals surface area contributed by atoms with Crippen LogP contribution in [0.1, 0.15) is 58.8 Å². The summed E-state index contributed by atoms with van der Waals surface area (Å²) in [6, 6.07) is 8.57. The molecule has 29 heavy (non-hydrogen) atoms. The van der Waals surface area contributed by atoms with Gasteiger partial charge in [-0.25, -0.2) is 4.68 Å². The number of carbonyl (C=O) groups is 1. The highest BCUT2D eigenvalue weighted by atomic mass is 16.1. The third-order valence-corrected chi connectivity index (χ3v) is 9.21. The first-order valence-electron chi connectivity index (χ1n) is 11.4. The summed E-state index contributed by atoms with van der Waals surface area (Å²) in [7, 11) is 0. The van der Waals surface area contributed by atoms with Gasteiger partial charge in [-0.2, -0.15) is 5.10 Å². The first-order valence-corrected chi connectivity index (χ1v) is 11.4. The standard InChI is InChI=1S/C26H30N2O/c1-25-13-11-19(29)15-18(25)7-8-20-21-9-10-24(26(21,2)14-12-22(20)25)28-23-6-4-3-5-17(23)16-27-28/h3-6,10,15-16,20-22H,7-9,11-14H2,1-2H3/t20-,21-,22-,25-,26-/m0/s1. The highest BCUT2D eigenvalue weighted by Crippen LogP contribution is 2.66. The van der Waals surface area contributed by atoms with E-state index in [1.165, 1.54) is 47.9 Å². The van der Waals surface area contributed by atoms with Crippen molar-refractivity contribution in [1.29, 1.82) is 0 Å². The predicted molar refractivity (Wildman–Crippen MR) is 116 cm³/mol. The van der Waals surface area contributed by atoms with E-state index in [2.05, 4.69) is 48.9 Å². The molecule has 2 fully saturated rings. The fourth-order valence-corrected chi connectivity index (χ4v) is 7.60. The van der Waals surface area contributed by atoms with E-state index in [0.29, 0.717) is 11.7 Å². The van der Waals surface area contributed by atoms with Crippen molar-refractivity contribution in [3.05, 3.63) is 48.2 Å². The summed E-state index contributed by atoms with van der Waals surface area (Å²) in [6.45, 7) is 4.97. The molecule has 2 aromatic rings. The second kappa shape index (κ2) is 5.93. The van der Waals surface area contributed by atoms with E-state index in [1.807, 2.05) is 12.3 Å². The van der Waals surface area contributed by atoms with Crippen LogP contribution in [0.2, 0.25) is 0 Å². The van der Waals surface area contributed by atoms with Crippen LogP contribution >= 0.6 is 0 Å². The number of ketones is 1. The number of aromatic nitrogens is 2. The van der Waals surface area contributed by atoms with Crippen molar-refractivity contribution in [3.8, 4) is 0 Å². The van der Waals surface area contributed by atoms with Crippen molar-refractivity contribution in [2.45, 2.75) is 58.8 Å². The number of hydrogen-bond donors (Lipinski definition) is 0. The van der Waals surface area contributed by atoms with Gasteiger partial charge in [0.25, 0.3) is 0 Å². The van der Waals surface area contributed by atoms with Crippen LogP contribution in [0.15, 0.2) is 48.2 Å². The van der Waals surface area contributed by atoms with E-state index < -0.39 is 0 Å². The molecule has 150 valence electrons. The lowest BCUT2D eigenvalue weighted by molar-refractivity contribution is -0.117. The summed E-state index contributed by atoms with van der Waals surface area (Å²) in [4.78, 5) is 12.0. The van der Waals surface area contributed by atoms with Crippen molar-refractivity contribution in [2.24, 2.45) is 28.6 Å². The van der Waals surface area contributed by atoms with Crippen LogP contribution < -0.4 is 0 Å². The van der Waals surface area contributed by atoms with Gasteiger partial charge in [0.1, 0.15) is 0 Å². The number of nitrogens with zero attached hydrogens (tertiary/aromatic N) is 2. The van der Waals surface area contributed by atoms with E-state index in [4.69, 9.17) is 5.10 Å². The zero-order chi connectivity index (χ0) is 19.8. The summed E-state index contributed by atoms with van der Waals surface area (Å²) in [6.07, 6.45) is 14.4. The van der Waals surface area contributed by atoms with Gasteiger partial charge in [-0.3, -0.25) is 4.79 Å². The quantitative estimate of drug-likeness (QED) is 0.601. The highest BCUT2D eigenvalue weighted by Gasteiger charge is 2.57. The number of benzene rings is 1. The van der Waals surface area contributed by atoms with Gasteiger partial charge < -0.3 is 0 Å². The lowest BCUT2D eigenvalue weighted by Gasteiger charge is -2.57. The minimum Gasteiger partial charge on any atom is -0.295 e. The van der Waals surface area contributed by atoms with Gasteiger partial charge in [-0.05, 0) is 73.8 Å². The molecule has 3 heteroatoms. The van der Waals surface area contributed by atoms with Crippen molar-refractivity contribution < 1.29 is 4.79 Å².